The molecule has 92 valence electrons. The van der Waals surface area contributed by atoms with Crippen LogP contribution >= 0.6 is 0 Å². The van der Waals surface area contributed by atoms with E-state index in [1.54, 1.807) is 0 Å². The molecule has 1 unspecified atom stereocenters. The van der Waals surface area contributed by atoms with E-state index in [4.69, 9.17) is 0 Å². The number of likely N-dealkylation sites (N-methyl/N-ethyl adjacent to an activating group) is 1. The van der Waals surface area contributed by atoms with E-state index in [1.807, 2.05) is 7.05 Å². The Morgan fingerprint density at radius 2 is 2.00 bits per heavy atom. The predicted molar refractivity (Wildman–Crippen MR) is 63.1 cm³/mol. The van der Waals surface area contributed by atoms with E-state index < -0.39 is 5.97 Å². The molecular weight excluding hydrogens is 206 g/mol. The molecule has 0 aromatic carbocycles. The number of ketones is 1. The van der Waals surface area contributed by atoms with Crippen LogP contribution in [0.3, 0.4) is 0 Å². The van der Waals surface area contributed by atoms with Gasteiger partial charge in [0.15, 0.2) is 5.78 Å². The summed E-state index contributed by atoms with van der Waals surface area (Å²) in [7, 11) is 3.32. The van der Waals surface area contributed by atoms with Crippen molar-refractivity contribution in [2.24, 2.45) is 0 Å². The Bertz CT molecular complexity index is 278. The van der Waals surface area contributed by atoms with Crippen LogP contribution in [0.25, 0.3) is 0 Å². The molecule has 1 saturated carbocycles. The number of ether oxygens (including phenoxy) is 1. The number of rotatable bonds is 2. The molecule has 1 atom stereocenters. The van der Waals surface area contributed by atoms with Gasteiger partial charge < -0.3 is 4.74 Å². The Morgan fingerprint density at radius 1 is 1.56 bits per heavy atom. The van der Waals surface area contributed by atoms with Crippen molar-refractivity contribution in [1.82, 2.24) is 4.90 Å². The molecule has 4 nitrogen and oxygen atoms in total. The fourth-order valence-corrected chi connectivity index (χ4v) is 1.04. The van der Waals surface area contributed by atoms with Gasteiger partial charge in [0, 0.05) is 18.0 Å². The zero-order valence-electron chi connectivity index (χ0n) is 10.7. The summed E-state index contributed by atoms with van der Waals surface area (Å²) < 4.78 is 4.14. The quantitative estimate of drug-likeness (QED) is 0.528. The van der Waals surface area contributed by atoms with Crippen molar-refractivity contribution in [3.63, 3.8) is 0 Å². The summed E-state index contributed by atoms with van der Waals surface area (Å²) in [5, 5.41) is 0. The summed E-state index contributed by atoms with van der Waals surface area (Å²) >= 11 is 0. The zero-order chi connectivity index (χ0) is 12.9. The van der Waals surface area contributed by atoms with Crippen LogP contribution in [0.5, 0.6) is 0 Å². The molecule has 16 heavy (non-hydrogen) atoms. The lowest BCUT2D eigenvalue weighted by Gasteiger charge is -2.30. The van der Waals surface area contributed by atoms with E-state index in [0.29, 0.717) is 5.78 Å². The number of methoxy groups -OCH3 is 1. The highest BCUT2D eigenvalue weighted by Gasteiger charge is 2.41. The first kappa shape index (κ1) is 14.8. The van der Waals surface area contributed by atoms with Gasteiger partial charge >= 0.3 is 5.97 Å². The van der Waals surface area contributed by atoms with Crippen molar-refractivity contribution in [2.45, 2.75) is 38.8 Å². The molecule has 1 aliphatic carbocycles. The van der Waals surface area contributed by atoms with Crippen LogP contribution in [0, 0.1) is 0 Å². The zero-order valence-corrected chi connectivity index (χ0v) is 10.7. The highest BCUT2D eigenvalue weighted by atomic mass is 16.5. The molecule has 0 aliphatic heterocycles. The molecule has 0 bridgehead atoms. The first-order valence-electron chi connectivity index (χ1n) is 5.20. The number of esters is 1. The summed E-state index contributed by atoms with van der Waals surface area (Å²) in [6.07, 6.45) is 1.87. The minimum atomic E-state index is -0.394. The lowest BCUT2D eigenvalue weighted by atomic mass is 10.1. The van der Waals surface area contributed by atoms with Crippen LogP contribution in [-0.4, -0.2) is 42.4 Å². The summed E-state index contributed by atoms with van der Waals surface area (Å²) in [5.74, 6) is -0.00701. The Morgan fingerprint density at radius 3 is 2.06 bits per heavy atom. The standard InChI is InChI=1S/C8H15NO.C4H6O2/c1-8(2,3)9(4)6-5-7(6)10;1-3-4(5)6-2/h6H,5H2,1-4H3;3H,1H2,2H3. The normalized spacial score (nSPS) is 18.6. The van der Waals surface area contributed by atoms with Gasteiger partial charge in [-0.1, -0.05) is 6.58 Å². The Balaban J connectivity index is 0.000000325. The van der Waals surface area contributed by atoms with Gasteiger partial charge in [-0.2, -0.15) is 0 Å². The van der Waals surface area contributed by atoms with E-state index >= 15 is 0 Å². The number of nitrogens with zero attached hydrogens (tertiary/aromatic N) is 1. The van der Waals surface area contributed by atoms with Crippen molar-refractivity contribution in [1.29, 1.82) is 0 Å². The molecule has 4 heteroatoms. The van der Waals surface area contributed by atoms with E-state index in [0.717, 1.165) is 12.5 Å². The highest BCUT2D eigenvalue weighted by molar-refractivity contribution is 5.99. The van der Waals surface area contributed by atoms with Crippen molar-refractivity contribution in [3.8, 4) is 0 Å². The second kappa shape index (κ2) is 5.80. The number of carbonyl (C=O) groups excluding carboxylic acids is 2. The maximum Gasteiger partial charge on any atom is 0.329 e. The van der Waals surface area contributed by atoms with E-state index in [1.165, 1.54) is 7.11 Å². The van der Waals surface area contributed by atoms with Crippen molar-refractivity contribution in [2.75, 3.05) is 14.2 Å². The van der Waals surface area contributed by atoms with Gasteiger partial charge in [0.05, 0.1) is 13.2 Å². The van der Waals surface area contributed by atoms with Crippen molar-refractivity contribution >= 4 is 11.8 Å². The van der Waals surface area contributed by atoms with Crippen LogP contribution in [0.2, 0.25) is 0 Å². The van der Waals surface area contributed by atoms with Crippen molar-refractivity contribution in [3.05, 3.63) is 12.7 Å². The van der Waals surface area contributed by atoms with Crippen LogP contribution in [0.1, 0.15) is 27.2 Å². The number of hydrogen-bond donors (Lipinski definition) is 0. The van der Waals surface area contributed by atoms with Gasteiger partial charge in [0.2, 0.25) is 0 Å². The molecule has 1 aliphatic rings. The van der Waals surface area contributed by atoms with E-state index in [9.17, 15) is 9.59 Å². The molecule has 0 spiro atoms. The van der Waals surface area contributed by atoms with Crippen molar-refractivity contribution < 1.29 is 14.3 Å². The monoisotopic (exact) mass is 227 g/mol. The highest BCUT2D eigenvalue weighted by Crippen LogP contribution is 2.26. The van der Waals surface area contributed by atoms with Crippen LogP contribution < -0.4 is 0 Å². The van der Waals surface area contributed by atoms with Gasteiger partial charge in [0.25, 0.3) is 0 Å². The van der Waals surface area contributed by atoms with E-state index in [2.05, 4.69) is 37.0 Å². The smallest absolute Gasteiger partial charge is 0.329 e. The molecule has 0 aromatic rings. The number of carbonyl (C=O) groups is 2. The Kier molecular flexibility index (Phi) is 5.38. The second-order valence-electron chi connectivity index (χ2n) is 4.70. The summed E-state index contributed by atoms with van der Waals surface area (Å²) in [6.45, 7) is 9.53. The molecule has 0 N–H and O–H groups in total. The van der Waals surface area contributed by atoms with Crippen LogP contribution in [0.15, 0.2) is 12.7 Å². The first-order chi connectivity index (χ1) is 7.23. The fourth-order valence-electron chi connectivity index (χ4n) is 1.04. The van der Waals surface area contributed by atoms with Gasteiger partial charge in [-0.3, -0.25) is 9.69 Å². The average molecular weight is 227 g/mol. The molecule has 1 rings (SSSR count). The molecule has 0 heterocycles. The lowest BCUT2D eigenvalue weighted by molar-refractivity contribution is -0.134. The maximum absolute atomic E-state index is 10.7. The summed E-state index contributed by atoms with van der Waals surface area (Å²) in [4.78, 5) is 22.7. The van der Waals surface area contributed by atoms with Crippen LogP contribution in [-0.2, 0) is 14.3 Å². The van der Waals surface area contributed by atoms with E-state index in [-0.39, 0.29) is 11.6 Å². The fraction of sp³-hybridized carbons (Fsp3) is 0.667. The van der Waals surface area contributed by atoms with Gasteiger partial charge in [0.1, 0.15) is 0 Å². The summed E-state index contributed by atoms with van der Waals surface area (Å²) in [5.41, 5.74) is 0.136. The second-order valence-corrected chi connectivity index (χ2v) is 4.70. The SMILES string of the molecule is C=CC(=O)OC.CN(C1CC1=O)C(C)(C)C. The molecule has 0 radical (unpaired) electrons. The average Bonchev–Trinajstić information content (AvgIpc) is 2.92. The third-order valence-corrected chi connectivity index (χ3v) is 2.50. The predicted octanol–water partition coefficient (Wildman–Crippen LogP) is 1.40. The molecule has 1 fully saturated rings. The number of Topliss-reactive ketones (excluding diaryl/α,β-unsaturated/α-hetero) is 1. The third kappa shape index (κ3) is 5.07. The third-order valence-electron chi connectivity index (χ3n) is 2.50. The largest absolute Gasteiger partial charge is 0.466 e. The molecule has 0 aromatic heterocycles. The minimum absolute atomic E-state index is 0.136. The first-order valence-corrected chi connectivity index (χ1v) is 5.20. The molecule has 0 saturated heterocycles. The molecular formula is C12H21NO3. The molecule has 0 amide bonds. The Labute approximate surface area is 97.3 Å². The lowest BCUT2D eigenvalue weighted by Crippen LogP contribution is -2.40. The Hall–Kier alpha value is -1.16. The van der Waals surface area contributed by atoms with Gasteiger partial charge in [-0.05, 0) is 27.8 Å². The van der Waals surface area contributed by atoms with Crippen LogP contribution in [0.4, 0.5) is 0 Å². The van der Waals surface area contributed by atoms with Gasteiger partial charge in [-0.15, -0.1) is 0 Å². The number of hydrogen-bond acceptors (Lipinski definition) is 4. The van der Waals surface area contributed by atoms with Gasteiger partial charge in [-0.25, -0.2) is 4.79 Å². The minimum Gasteiger partial charge on any atom is -0.466 e. The maximum atomic E-state index is 10.7. The summed E-state index contributed by atoms with van der Waals surface area (Å²) in [6, 6.07) is 0.222. The topological polar surface area (TPSA) is 46.6 Å².